The third-order valence-electron chi connectivity index (χ3n) is 4.52. The lowest BCUT2D eigenvalue weighted by atomic mass is 10.3. The summed E-state index contributed by atoms with van der Waals surface area (Å²) in [6, 6.07) is 10.5. The Bertz CT molecular complexity index is 920. The molecule has 0 atom stereocenters. The van der Waals surface area contributed by atoms with E-state index < -0.39 is 9.84 Å². The van der Waals surface area contributed by atoms with Gasteiger partial charge in [-0.15, -0.1) is 0 Å². The molecule has 0 saturated carbocycles. The van der Waals surface area contributed by atoms with Gasteiger partial charge in [0.1, 0.15) is 28.0 Å². The number of carbonyl (C=O) groups excluding carboxylic acids is 1. The van der Waals surface area contributed by atoms with Crippen molar-refractivity contribution in [3.05, 3.63) is 52.9 Å². The average molecular weight is 427 g/mol. The fourth-order valence-electron chi connectivity index (χ4n) is 2.91. The van der Waals surface area contributed by atoms with E-state index in [2.05, 4.69) is 4.90 Å². The molecule has 152 valence electrons. The maximum Gasteiger partial charge on any atom is 0.289 e. The van der Waals surface area contributed by atoms with Crippen LogP contribution in [0.3, 0.4) is 0 Å². The van der Waals surface area contributed by atoms with Gasteiger partial charge in [0.15, 0.2) is 5.76 Å². The van der Waals surface area contributed by atoms with Crippen molar-refractivity contribution in [3.63, 3.8) is 0 Å². The summed E-state index contributed by atoms with van der Waals surface area (Å²) in [5.74, 6) is 1.32. The van der Waals surface area contributed by atoms with Crippen molar-refractivity contribution < 1.29 is 22.4 Å². The van der Waals surface area contributed by atoms with Gasteiger partial charge >= 0.3 is 0 Å². The molecule has 7 nitrogen and oxygen atoms in total. The van der Waals surface area contributed by atoms with Crippen molar-refractivity contribution in [1.82, 2.24) is 9.80 Å². The lowest BCUT2D eigenvalue weighted by Gasteiger charge is -2.34. The molecule has 1 amide bonds. The number of furan rings is 1. The summed E-state index contributed by atoms with van der Waals surface area (Å²) in [6.45, 7) is 3.03. The van der Waals surface area contributed by atoms with Crippen LogP contribution in [0, 0.1) is 0 Å². The van der Waals surface area contributed by atoms with Gasteiger partial charge in [0.25, 0.3) is 5.91 Å². The number of halogens is 1. The van der Waals surface area contributed by atoms with Crippen LogP contribution >= 0.6 is 11.6 Å². The quantitative estimate of drug-likeness (QED) is 0.676. The number of hydrogen-bond acceptors (Lipinski definition) is 6. The zero-order chi connectivity index (χ0) is 20.1. The van der Waals surface area contributed by atoms with Gasteiger partial charge < -0.3 is 14.1 Å². The predicted octanol–water partition coefficient (Wildman–Crippen LogP) is 2.31. The van der Waals surface area contributed by atoms with E-state index in [4.69, 9.17) is 20.8 Å². The van der Waals surface area contributed by atoms with Gasteiger partial charge in [-0.05, 0) is 24.3 Å². The van der Waals surface area contributed by atoms with E-state index in [1.165, 1.54) is 6.26 Å². The Balaban J connectivity index is 1.50. The first-order valence-corrected chi connectivity index (χ1v) is 11.4. The number of benzene rings is 1. The minimum Gasteiger partial charge on any atom is -0.484 e. The van der Waals surface area contributed by atoms with Crippen molar-refractivity contribution in [1.29, 1.82) is 0 Å². The normalized spacial score (nSPS) is 15.6. The van der Waals surface area contributed by atoms with Crippen molar-refractivity contribution in [2.24, 2.45) is 0 Å². The Labute approximate surface area is 169 Å². The molecule has 9 heteroatoms. The zero-order valence-corrected chi connectivity index (χ0v) is 17.2. The molecule has 0 aliphatic carbocycles. The van der Waals surface area contributed by atoms with Crippen LogP contribution in [0.25, 0.3) is 0 Å². The van der Waals surface area contributed by atoms with E-state index in [1.807, 2.05) is 12.1 Å². The maximum absolute atomic E-state index is 12.6. The highest BCUT2D eigenvalue weighted by atomic mass is 35.5. The van der Waals surface area contributed by atoms with Crippen molar-refractivity contribution in [2.75, 3.05) is 44.7 Å². The van der Waals surface area contributed by atoms with Gasteiger partial charge in [0.05, 0.1) is 10.8 Å². The van der Waals surface area contributed by atoms with E-state index in [0.717, 1.165) is 0 Å². The fraction of sp³-hybridized carbons (Fsp3) is 0.421. The Morgan fingerprint density at radius 1 is 1.14 bits per heavy atom. The second-order valence-electron chi connectivity index (χ2n) is 6.75. The predicted molar refractivity (Wildman–Crippen MR) is 107 cm³/mol. The molecule has 1 aliphatic rings. The van der Waals surface area contributed by atoms with Crippen LogP contribution < -0.4 is 4.74 Å². The van der Waals surface area contributed by atoms with Crippen LogP contribution in [0.4, 0.5) is 0 Å². The lowest BCUT2D eigenvalue weighted by Crippen LogP contribution is -2.49. The van der Waals surface area contributed by atoms with Crippen molar-refractivity contribution in [3.8, 4) is 5.75 Å². The van der Waals surface area contributed by atoms with Crippen LogP contribution in [0.2, 0.25) is 5.02 Å². The number of carbonyl (C=O) groups is 1. The Kier molecular flexibility index (Phi) is 6.64. The maximum atomic E-state index is 12.6. The van der Waals surface area contributed by atoms with E-state index >= 15 is 0 Å². The van der Waals surface area contributed by atoms with Crippen molar-refractivity contribution in [2.45, 2.75) is 6.61 Å². The second kappa shape index (κ2) is 8.98. The summed E-state index contributed by atoms with van der Waals surface area (Å²) >= 11 is 6.05. The highest BCUT2D eigenvalue weighted by Gasteiger charge is 2.24. The molecule has 1 aromatic carbocycles. The number of sulfone groups is 1. The fourth-order valence-corrected chi connectivity index (χ4v) is 3.69. The number of ether oxygens (including phenoxy) is 1. The topological polar surface area (TPSA) is 80.1 Å². The monoisotopic (exact) mass is 426 g/mol. The Morgan fingerprint density at radius 3 is 2.54 bits per heavy atom. The second-order valence-corrected chi connectivity index (χ2v) is 9.42. The Morgan fingerprint density at radius 2 is 1.86 bits per heavy atom. The van der Waals surface area contributed by atoms with E-state index in [-0.39, 0.29) is 24.0 Å². The van der Waals surface area contributed by atoms with Gasteiger partial charge in [-0.25, -0.2) is 8.42 Å². The molecule has 2 aromatic rings. The van der Waals surface area contributed by atoms with Crippen LogP contribution in [-0.4, -0.2) is 68.9 Å². The van der Waals surface area contributed by atoms with E-state index in [1.54, 1.807) is 29.2 Å². The summed E-state index contributed by atoms with van der Waals surface area (Å²) in [5, 5.41) is 0.513. The molecular weight excluding hydrogens is 404 g/mol. The first kappa shape index (κ1) is 20.7. The highest BCUT2D eigenvalue weighted by Crippen LogP contribution is 2.24. The Hall–Kier alpha value is -2.03. The number of piperazine rings is 1. The van der Waals surface area contributed by atoms with Gasteiger partial charge in [0, 0.05) is 39.0 Å². The summed E-state index contributed by atoms with van der Waals surface area (Å²) in [5.41, 5.74) is 0. The van der Waals surface area contributed by atoms with Crippen LogP contribution in [0.15, 0.2) is 40.8 Å². The molecule has 2 heterocycles. The number of hydrogen-bond donors (Lipinski definition) is 0. The molecule has 1 aliphatic heterocycles. The summed E-state index contributed by atoms with van der Waals surface area (Å²) in [6.07, 6.45) is 1.23. The van der Waals surface area contributed by atoms with Gasteiger partial charge in [0.2, 0.25) is 0 Å². The molecule has 0 unspecified atom stereocenters. The lowest BCUT2D eigenvalue weighted by molar-refractivity contribution is 0.0609. The van der Waals surface area contributed by atoms with Gasteiger partial charge in [-0.1, -0.05) is 23.7 Å². The minimum absolute atomic E-state index is 0.133. The molecule has 3 rings (SSSR count). The molecule has 1 saturated heterocycles. The van der Waals surface area contributed by atoms with Gasteiger partial charge in [-0.2, -0.15) is 0 Å². The molecule has 0 bridgehead atoms. The first-order chi connectivity index (χ1) is 13.3. The number of amides is 1. The van der Waals surface area contributed by atoms with E-state index in [0.29, 0.717) is 49.3 Å². The molecule has 0 spiro atoms. The minimum atomic E-state index is -2.98. The van der Waals surface area contributed by atoms with Crippen LogP contribution in [0.5, 0.6) is 5.75 Å². The molecule has 1 aromatic heterocycles. The highest BCUT2D eigenvalue weighted by molar-refractivity contribution is 7.90. The third kappa shape index (κ3) is 5.73. The summed E-state index contributed by atoms with van der Waals surface area (Å²) in [7, 11) is -2.98. The zero-order valence-electron chi connectivity index (χ0n) is 15.6. The van der Waals surface area contributed by atoms with E-state index in [9.17, 15) is 13.2 Å². The molecule has 28 heavy (non-hydrogen) atoms. The standard InChI is InChI=1S/C19H23ClN2O5S/c1-28(24,25)13-12-21-8-10-22(11-9-21)19(23)18-7-6-15(27-18)14-26-17-5-3-2-4-16(17)20/h2-7H,8-14H2,1H3. The van der Waals surface area contributed by atoms with Crippen LogP contribution in [-0.2, 0) is 16.4 Å². The van der Waals surface area contributed by atoms with Crippen molar-refractivity contribution >= 4 is 27.3 Å². The molecule has 0 N–H and O–H groups in total. The largest absolute Gasteiger partial charge is 0.484 e. The SMILES string of the molecule is CS(=O)(=O)CCN1CCN(C(=O)c2ccc(COc3ccccc3Cl)o2)CC1. The number of nitrogens with zero attached hydrogens (tertiary/aromatic N) is 2. The smallest absolute Gasteiger partial charge is 0.289 e. The molecule has 1 fully saturated rings. The summed E-state index contributed by atoms with van der Waals surface area (Å²) in [4.78, 5) is 16.4. The third-order valence-corrected chi connectivity index (χ3v) is 5.75. The first-order valence-electron chi connectivity index (χ1n) is 8.97. The molecular formula is C19H23ClN2O5S. The number of para-hydroxylation sites is 1. The number of rotatable bonds is 7. The van der Waals surface area contributed by atoms with Gasteiger partial charge in [-0.3, -0.25) is 9.69 Å². The average Bonchev–Trinajstić information content (AvgIpc) is 3.14. The molecule has 0 radical (unpaired) electrons. The summed E-state index contributed by atoms with van der Waals surface area (Å²) < 4.78 is 33.8. The van der Waals surface area contributed by atoms with Crippen LogP contribution in [0.1, 0.15) is 16.3 Å².